The molecule has 0 aromatic heterocycles. The number of anilines is 1. The van der Waals surface area contributed by atoms with Crippen molar-refractivity contribution in [1.82, 2.24) is 0 Å². The Kier molecular flexibility index (Phi) is 3.92. The molecule has 0 bridgehead atoms. The molecule has 1 fully saturated rings. The number of carbonyl (C=O) groups is 1. The highest BCUT2D eigenvalue weighted by atomic mass is 79.9. The molecule has 86 valence electrons. The summed E-state index contributed by atoms with van der Waals surface area (Å²) in [6.45, 7) is 0. The lowest BCUT2D eigenvalue weighted by Crippen LogP contribution is -2.31. The third kappa shape index (κ3) is 2.43. The van der Waals surface area contributed by atoms with Gasteiger partial charge in [0.1, 0.15) is 0 Å². The van der Waals surface area contributed by atoms with Crippen molar-refractivity contribution >= 4 is 39.7 Å². The van der Waals surface area contributed by atoms with Crippen molar-refractivity contribution in [1.29, 1.82) is 0 Å². The van der Waals surface area contributed by atoms with Crippen LogP contribution in [0, 0.1) is 0 Å². The topological polar surface area (TPSA) is 20.3 Å². The normalized spacial score (nSPS) is 19.8. The molecule has 0 radical (unpaired) electrons. The van der Waals surface area contributed by atoms with Gasteiger partial charge in [0, 0.05) is 34.6 Å². The number of thioether (sulfide) groups is 1. The highest BCUT2D eigenvalue weighted by molar-refractivity contribution is 9.10. The predicted octanol–water partition coefficient (Wildman–Crippen LogP) is 3.20. The van der Waals surface area contributed by atoms with E-state index in [0.29, 0.717) is 6.04 Å². The van der Waals surface area contributed by atoms with Crippen LogP contribution < -0.4 is 4.90 Å². The molecule has 1 aliphatic heterocycles. The summed E-state index contributed by atoms with van der Waals surface area (Å²) in [6, 6.07) is 6.43. The molecule has 0 spiro atoms. The Morgan fingerprint density at radius 1 is 1.56 bits per heavy atom. The van der Waals surface area contributed by atoms with Crippen LogP contribution in [0.15, 0.2) is 22.7 Å². The Labute approximate surface area is 109 Å². The molecule has 1 aromatic rings. The van der Waals surface area contributed by atoms with Gasteiger partial charge in [-0.25, -0.2) is 0 Å². The first-order valence-corrected chi connectivity index (χ1v) is 7.22. The third-order valence-electron chi connectivity index (χ3n) is 2.95. The summed E-state index contributed by atoms with van der Waals surface area (Å²) < 4.78 is 0.951. The first-order valence-electron chi connectivity index (χ1n) is 5.27. The van der Waals surface area contributed by atoms with Crippen molar-refractivity contribution in [2.45, 2.75) is 12.5 Å². The van der Waals surface area contributed by atoms with Crippen LogP contribution in [0.5, 0.6) is 0 Å². The summed E-state index contributed by atoms with van der Waals surface area (Å²) in [5.74, 6) is 2.38. The second kappa shape index (κ2) is 5.23. The summed E-state index contributed by atoms with van der Waals surface area (Å²) in [7, 11) is 2.08. The van der Waals surface area contributed by atoms with Gasteiger partial charge in [0.25, 0.3) is 0 Å². The minimum absolute atomic E-state index is 0.560. The first kappa shape index (κ1) is 12.0. The van der Waals surface area contributed by atoms with Gasteiger partial charge in [-0.15, -0.1) is 0 Å². The van der Waals surface area contributed by atoms with Gasteiger partial charge in [-0.3, -0.25) is 4.79 Å². The average Bonchev–Trinajstić information content (AvgIpc) is 2.81. The molecule has 1 atom stereocenters. The molecule has 0 saturated carbocycles. The largest absolute Gasteiger partial charge is 0.370 e. The molecule has 4 heteroatoms. The number of rotatable bonds is 3. The van der Waals surface area contributed by atoms with E-state index in [4.69, 9.17) is 0 Å². The maximum absolute atomic E-state index is 11.0. The number of benzene rings is 1. The molecule has 1 aliphatic rings. The van der Waals surface area contributed by atoms with Gasteiger partial charge in [-0.2, -0.15) is 11.8 Å². The van der Waals surface area contributed by atoms with Crippen molar-refractivity contribution in [3.05, 3.63) is 28.2 Å². The molecule has 1 aromatic carbocycles. The Balaban J connectivity index is 2.27. The molecule has 0 N–H and O–H groups in total. The van der Waals surface area contributed by atoms with Crippen molar-refractivity contribution < 1.29 is 4.79 Å². The zero-order valence-electron chi connectivity index (χ0n) is 9.15. The van der Waals surface area contributed by atoms with E-state index >= 15 is 0 Å². The monoisotopic (exact) mass is 299 g/mol. The molecule has 2 nitrogen and oxygen atoms in total. The van der Waals surface area contributed by atoms with Crippen LogP contribution in [0.4, 0.5) is 5.69 Å². The zero-order chi connectivity index (χ0) is 11.5. The maximum Gasteiger partial charge on any atom is 0.152 e. The van der Waals surface area contributed by atoms with E-state index in [9.17, 15) is 4.79 Å². The smallest absolute Gasteiger partial charge is 0.152 e. The molecule has 0 aliphatic carbocycles. The van der Waals surface area contributed by atoms with Crippen LogP contribution in [0.1, 0.15) is 16.8 Å². The molecule has 0 amide bonds. The number of hydrogen-bond donors (Lipinski definition) is 0. The zero-order valence-corrected chi connectivity index (χ0v) is 11.6. The van der Waals surface area contributed by atoms with E-state index in [2.05, 4.69) is 27.9 Å². The van der Waals surface area contributed by atoms with E-state index in [-0.39, 0.29) is 0 Å². The highest BCUT2D eigenvalue weighted by Gasteiger charge is 2.21. The van der Waals surface area contributed by atoms with Gasteiger partial charge in [0.15, 0.2) is 6.29 Å². The lowest BCUT2D eigenvalue weighted by molar-refractivity contribution is 0.112. The predicted molar refractivity (Wildman–Crippen MR) is 73.7 cm³/mol. The van der Waals surface area contributed by atoms with Gasteiger partial charge < -0.3 is 4.90 Å². The van der Waals surface area contributed by atoms with Crippen LogP contribution in [0.3, 0.4) is 0 Å². The van der Waals surface area contributed by atoms with Gasteiger partial charge in [0.05, 0.1) is 0 Å². The summed E-state index contributed by atoms with van der Waals surface area (Å²) in [5.41, 5.74) is 1.79. The van der Waals surface area contributed by atoms with Crippen molar-refractivity contribution in [2.24, 2.45) is 0 Å². The van der Waals surface area contributed by atoms with Crippen molar-refractivity contribution in [3.8, 4) is 0 Å². The van der Waals surface area contributed by atoms with Crippen LogP contribution in [0.25, 0.3) is 0 Å². The Hall–Kier alpha value is -0.480. The molecule has 1 unspecified atom stereocenters. The number of hydrogen-bond acceptors (Lipinski definition) is 3. The van der Waals surface area contributed by atoms with Gasteiger partial charge in [-0.1, -0.05) is 15.9 Å². The standard InChI is InChI=1S/C12H14BrNOS/c1-14(11-4-5-16-8-11)12-3-2-10(13)6-9(12)7-15/h2-3,6-7,11H,4-5,8H2,1H3. The van der Waals surface area contributed by atoms with E-state index in [0.717, 1.165) is 27.8 Å². The second-order valence-corrected chi connectivity index (χ2v) is 6.01. The van der Waals surface area contributed by atoms with Gasteiger partial charge in [-0.05, 0) is 30.4 Å². The van der Waals surface area contributed by atoms with Gasteiger partial charge in [0.2, 0.25) is 0 Å². The number of carbonyl (C=O) groups excluding carboxylic acids is 1. The highest BCUT2D eigenvalue weighted by Crippen LogP contribution is 2.29. The quantitative estimate of drug-likeness (QED) is 0.800. The minimum Gasteiger partial charge on any atom is -0.370 e. The number of nitrogens with zero attached hydrogens (tertiary/aromatic N) is 1. The van der Waals surface area contributed by atoms with Crippen LogP contribution >= 0.6 is 27.7 Å². The molecule has 1 heterocycles. The Morgan fingerprint density at radius 3 is 3.00 bits per heavy atom. The summed E-state index contributed by atoms with van der Waals surface area (Å²) >= 11 is 5.37. The second-order valence-electron chi connectivity index (χ2n) is 3.95. The van der Waals surface area contributed by atoms with E-state index in [1.165, 1.54) is 12.2 Å². The molecular formula is C12H14BrNOS. The van der Waals surface area contributed by atoms with Crippen LogP contribution in [-0.4, -0.2) is 30.9 Å². The fourth-order valence-electron chi connectivity index (χ4n) is 1.97. The van der Waals surface area contributed by atoms with Crippen LogP contribution in [-0.2, 0) is 0 Å². The van der Waals surface area contributed by atoms with Crippen LogP contribution in [0.2, 0.25) is 0 Å². The Bertz CT molecular complexity index is 391. The molecule has 16 heavy (non-hydrogen) atoms. The first-order chi connectivity index (χ1) is 7.72. The minimum atomic E-state index is 0.560. The van der Waals surface area contributed by atoms with E-state index in [1.54, 1.807) is 0 Å². The fraction of sp³-hybridized carbons (Fsp3) is 0.417. The Morgan fingerprint density at radius 2 is 2.38 bits per heavy atom. The van der Waals surface area contributed by atoms with E-state index < -0.39 is 0 Å². The van der Waals surface area contributed by atoms with Crippen molar-refractivity contribution in [2.75, 3.05) is 23.5 Å². The molecule has 2 rings (SSSR count). The lowest BCUT2D eigenvalue weighted by atomic mass is 10.1. The summed E-state index contributed by atoms with van der Waals surface area (Å²) in [5, 5.41) is 0. The molecule has 1 saturated heterocycles. The van der Waals surface area contributed by atoms with E-state index in [1.807, 2.05) is 30.0 Å². The molecular weight excluding hydrogens is 286 g/mol. The third-order valence-corrected chi connectivity index (χ3v) is 4.59. The lowest BCUT2D eigenvalue weighted by Gasteiger charge is -2.27. The maximum atomic E-state index is 11.0. The summed E-state index contributed by atoms with van der Waals surface area (Å²) in [6.07, 6.45) is 2.13. The SMILES string of the molecule is CN(c1ccc(Br)cc1C=O)C1CCSC1. The fourth-order valence-corrected chi connectivity index (χ4v) is 3.61. The average molecular weight is 300 g/mol. The summed E-state index contributed by atoms with van der Waals surface area (Å²) in [4.78, 5) is 13.3. The number of halogens is 1. The van der Waals surface area contributed by atoms with Gasteiger partial charge >= 0.3 is 0 Å². The van der Waals surface area contributed by atoms with Crippen molar-refractivity contribution in [3.63, 3.8) is 0 Å². The number of aldehydes is 1.